The maximum Gasteiger partial charge on any atom is 0.172 e. The van der Waals surface area contributed by atoms with Gasteiger partial charge >= 0.3 is 0 Å². The van der Waals surface area contributed by atoms with Gasteiger partial charge in [-0.05, 0) is 6.92 Å². The standard InChI is InChI=1S/C5H7N3O/c1-4-5(3-9)7-8(2)6-4/h3H,1-2H3. The molecule has 0 saturated carbocycles. The summed E-state index contributed by atoms with van der Waals surface area (Å²) in [6, 6.07) is 0. The van der Waals surface area contributed by atoms with E-state index in [2.05, 4.69) is 10.2 Å². The van der Waals surface area contributed by atoms with Crippen LogP contribution in [0.5, 0.6) is 0 Å². The van der Waals surface area contributed by atoms with Crippen LogP contribution < -0.4 is 0 Å². The van der Waals surface area contributed by atoms with Crippen LogP contribution in [-0.4, -0.2) is 21.3 Å². The van der Waals surface area contributed by atoms with Crippen molar-refractivity contribution in [1.29, 1.82) is 0 Å². The summed E-state index contributed by atoms with van der Waals surface area (Å²) in [7, 11) is 1.68. The lowest BCUT2D eigenvalue weighted by molar-refractivity contribution is 0.111. The fourth-order valence-electron chi connectivity index (χ4n) is 0.628. The van der Waals surface area contributed by atoms with E-state index in [0.717, 1.165) is 0 Å². The van der Waals surface area contributed by atoms with E-state index < -0.39 is 0 Å². The molecule has 0 spiro atoms. The van der Waals surface area contributed by atoms with E-state index in [0.29, 0.717) is 17.7 Å². The number of aryl methyl sites for hydroxylation is 2. The predicted octanol–water partition coefficient (Wildman–Crippen LogP) is -0.0640. The van der Waals surface area contributed by atoms with Crippen LogP contribution in [-0.2, 0) is 7.05 Å². The van der Waals surface area contributed by atoms with E-state index in [1.807, 2.05) is 0 Å². The Morgan fingerprint density at radius 1 is 1.56 bits per heavy atom. The first kappa shape index (κ1) is 5.94. The lowest BCUT2D eigenvalue weighted by Crippen LogP contribution is -1.92. The van der Waals surface area contributed by atoms with E-state index in [-0.39, 0.29) is 0 Å². The summed E-state index contributed by atoms with van der Waals surface area (Å²) in [5.41, 5.74) is 1.09. The first-order chi connectivity index (χ1) is 4.24. The molecule has 4 nitrogen and oxygen atoms in total. The quantitative estimate of drug-likeness (QED) is 0.494. The van der Waals surface area contributed by atoms with Crippen LogP contribution in [0.15, 0.2) is 0 Å². The van der Waals surface area contributed by atoms with E-state index in [9.17, 15) is 4.79 Å². The molecule has 1 heterocycles. The predicted molar refractivity (Wildman–Crippen MR) is 31.1 cm³/mol. The monoisotopic (exact) mass is 125 g/mol. The Kier molecular flexibility index (Phi) is 1.30. The van der Waals surface area contributed by atoms with Crippen molar-refractivity contribution >= 4 is 6.29 Å². The summed E-state index contributed by atoms with van der Waals surface area (Å²) < 4.78 is 0. The second-order valence-corrected chi connectivity index (χ2v) is 1.78. The molecule has 1 aromatic rings. The van der Waals surface area contributed by atoms with Gasteiger partial charge in [-0.3, -0.25) is 4.79 Å². The number of carbonyl (C=O) groups is 1. The van der Waals surface area contributed by atoms with Gasteiger partial charge in [0, 0.05) is 7.05 Å². The van der Waals surface area contributed by atoms with E-state index in [1.54, 1.807) is 14.0 Å². The Morgan fingerprint density at radius 2 is 2.22 bits per heavy atom. The van der Waals surface area contributed by atoms with Crippen molar-refractivity contribution in [1.82, 2.24) is 15.0 Å². The third kappa shape index (κ3) is 0.960. The molecule has 0 bridgehead atoms. The molecule has 0 aliphatic rings. The van der Waals surface area contributed by atoms with E-state index in [4.69, 9.17) is 0 Å². The maximum atomic E-state index is 10.1. The highest BCUT2D eigenvalue weighted by Crippen LogP contribution is 1.93. The molecule has 0 aliphatic heterocycles. The van der Waals surface area contributed by atoms with E-state index in [1.165, 1.54) is 4.80 Å². The van der Waals surface area contributed by atoms with Crippen molar-refractivity contribution < 1.29 is 4.79 Å². The van der Waals surface area contributed by atoms with Gasteiger partial charge in [0.1, 0.15) is 5.69 Å². The average Bonchev–Trinajstić information content (AvgIpc) is 2.10. The fraction of sp³-hybridized carbons (Fsp3) is 0.400. The highest BCUT2D eigenvalue weighted by atomic mass is 16.1. The molecule has 9 heavy (non-hydrogen) atoms. The Morgan fingerprint density at radius 3 is 2.44 bits per heavy atom. The molecule has 0 radical (unpaired) electrons. The van der Waals surface area contributed by atoms with Crippen molar-refractivity contribution in [3.63, 3.8) is 0 Å². The Hall–Kier alpha value is -1.19. The zero-order valence-corrected chi connectivity index (χ0v) is 5.33. The van der Waals surface area contributed by atoms with Gasteiger partial charge in [-0.25, -0.2) is 0 Å². The molecular formula is C5H7N3O. The number of hydrogen-bond acceptors (Lipinski definition) is 3. The molecule has 4 heteroatoms. The highest BCUT2D eigenvalue weighted by Gasteiger charge is 2.00. The molecule has 1 rings (SSSR count). The van der Waals surface area contributed by atoms with Gasteiger partial charge in [0.25, 0.3) is 0 Å². The molecule has 0 unspecified atom stereocenters. The summed E-state index contributed by atoms with van der Waals surface area (Å²) in [4.78, 5) is 11.5. The second-order valence-electron chi connectivity index (χ2n) is 1.78. The number of carbonyl (C=O) groups excluding carboxylic acids is 1. The Bertz CT molecular complexity index is 228. The van der Waals surface area contributed by atoms with Gasteiger partial charge in [-0.1, -0.05) is 0 Å². The molecule has 0 N–H and O–H groups in total. The summed E-state index contributed by atoms with van der Waals surface area (Å²) in [5.74, 6) is 0. The molecule has 1 aromatic heterocycles. The molecule has 0 aromatic carbocycles. The van der Waals surface area contributed by atoms with Gasteiger partial charge in [0.05, 0.1) is 5.69 Å². The van der Waals surface area contributed by atoms with Crippen LogP contribution in [0.4, 0.5) is 0 Å². The lowest BCUT2D eigenvalue weighted by Gasteiger charge is -1.77. The SMILES string of the molecule is Cc1nn(C)nc1C=O. The van der Waals surface area contributed by atoms with Crippen LogP contribution in [0.25, 0.3) is 0 Å². The minimum atomic E-state index is 0.414. The van der Waals surface area contributed by atoms with Crippen molar-refractivity contribution in [3.05, 3.63) is 11.4 Å². The van der Waals surface area contributed by atoms with Crippen molar-refractivity contribution in [3.8, 4) is 0 Å². The van der Waals surface area contributed by atoms with Crippen molar-refractivity contribution in [2.75, 3.05) is 0 Å². The van der Waals surface area contributed by atoms with Crippen molar-refractivity contribution in [2.45, 2.75) is 6.92 Å². The number of rotatable bonds is 1. The number of nitrogens with zero attached hydrogens (tertiary/aromatic N) is 3. The molecule has 0 atom stereocenters. The second kappa shape index (κ2) is 1.97. The summed E-state index contributed by atoms with van der Waals surface area (Å²) in [5, 5.41) is 7.62. The maximum absolute atomic E-state index is 10.1. The van der Waals surface area contributed by atoms with Crippen molar-refractivity contribution in [2.24, 2.45) is 7.05 Å². The first-order valence-electron chi connectivity index (χ1n) is 2.57. The first-order valence-corrected chi connectivity index (χ1v) is 2.57. The topological polar surface area (TPSA) is 47.8 Å². The minimum absolute atomic E-state index is 0.414. The van der Waals surface area contributed by atoms with Crippen LogP contribution in [0, 0.1) is 6.92 Å². The van der Waals surface area contributed by atoms with Gasteiger partial charge in [0.15, 0.2) is 6.29 Å². The molecular weight excluding hydrogens is 118 g/mol. The van der Waals surface area contributed by atoms with Gasteiger partial charge < -0.3 is 0 Å². The van der Waals surface area contributed by atoms with Crippen LogP contribution in [0.3, 0.4) is 0 Å². The van der Waals surface area contributed by atoms with Crippen LogP contribution in [0.1, 0.15) is 16.2 Å². The normalized spacial score (nSPS) is 9.56. The third-order valence-corrected chi connectivity index (χ3v) is 1.03. The Labute approximate surface area is 52.5 Å². The largest absolute Gasteiger partial charge is 0.296 e. The number of aromatic nitrogens is 3. The van der Waals surface area contributed by atoms with Crippen LogP contribution in [0.2, 0.25) is 0 Å². The van der Waals surface area contributed by atoms with Gasteiger partial charge in [-0.2, -0.15) is 15.0 Å². The lowest BCUT2D eigenvalue weighted by atomic mass is 10.4. The molecule has 0 saturated heterocycles. The summed E-state index contributed by atoms with van der Waals surface area (Å²) in [6.07, 6.45) is 0.697. The molecule has 0 fully saturated rings. The summed E-state index contributed by atoms with van der Waals surface area (Å²) >= 11 is 0. The van der Waals surface area contributed by atoms with Gasteiger partial charge in [0.2, 0.25) is 0 Å². The number of hydrogen-bond donors (Lipinski definition) is 0. The van der Waals surface area contributed by atoms with Gasteiger partial charge in [-0.15, -0.1) is 0 Å². The molecule has 48 valence electrons. The van der Waals surface area contributed by atoms with Crippen LogP contribution >= 0.6 is 0 Å². The zero-order valence-electron chi connectivity index (χ0n) is 5.33. The average molecular weight is 125 g/mol. The smallest absolute Gasteiger partial charge is 0.172 e. The number of aldehydes is 1. The molecule has 0 amide bonds. The third-order valence-electron chi connectivity index (χ3n) is 1.03. The zero-order chi connectivity index (χ0) is 6.85. The Balaban J connectivity index is 3.15. The summed E-state index contributed by atoms with van der Waals surface area (Å²) in [6.45, 7) is 1.75. The van der Waals surface area contributed by atoms with E-state index >= 15 is 0 Å². The fourth-order valence-corrected chi connectivity index (χ4v) is 0.628. The highest BCUT2D eigenvalue weighted by molar-refractivity contribution is 5.72. The molecule has 0 aliphatic carbocycles. The minimum Gasteiger partial charge on any atom is -0.296 e.